The van der Waals surface area contributed by atoms with Gasteiger partial charge in [0.25, 0.3) is 0 Å². The third-order valence-electron chi connectivity index (χ3n) is 3.46. The topological polar surface area (TPSA) is 15.3 Å². The Kier molecular flexibility index (Phi) is 5.34. The van der Waals surface area contributed by atoms with E-state index in [2.05, 4.69) is 48.3 Å². The van der Waals surface area contributed by atoms with Gasteiger partial charge < -0.3 is 10.2 Å². The van der Waals surface area contributed by atoms with Crippen molar-refractivity contribution in [2.24, 2.45) is 0 Å². The Labute approximate surface area is 126 Å². The molecule has 0 radical (unpaired) electrons. The molecule has 21 heavy (non-hydrogen) atoms. The van der Waals surface area contributed by atoms with E-state index in [0.29, 0.717) is 18.2 Å². The first-order valence-electron chi connectivity index (χ1n) is 7.33. The smallest absolute Gasteiger partial charge is 0.128 e. The van der Waals surface area contributed by atoms with Crippen molar-refractivity contribution in [3.05, 3.63) is 65.5 Å². The quantitative estimate of drug-likeness (QED) is 0.864. The van der Waals surface area contributed by atoms with E-state index in [1.165, 1.54) is 11.6 Å². The predicted molar refractivity (Wildman–Crippen MR) is 86.9 cm³/mol. The van der Waals surface area contributed by atoms with Gasteiger partial charge in [-0.1, -0.05) is 44.2 Å². The van der Waals surface area contributed by atoms with Crippen LogP contribution in [0.5, 0.6) is 0 Å². The van der Waals surface area contributed by atoms with Crippen LogP contribution < -0.4 is 10.2 Å². The number of anilines is 1. The normalized spacial score (nSPS) is 10.9. The number of nitrogens with zero attached hydrogens (tertiary/aromatic N) is 1. The summed E-state index contributed by atoms with van der Waals surface area (Å²) in [5.74, 6) is -0.151. The third kappa shape index (κ3) is 4.57. The van der Waals surface area contributed by atoms with Crippen molar-refractivity contribution in [2.45, 2.75) is 33.0 Å². The zero-order valence-electron chi connectivity index (χ0n) is 12.9. The number of hydrogen-bond acceptors (Lipinski definition) is 2. The van der Waals surface area contributed by atoms with Crippen molar-refractivity contribution < 1.29 is 4.39 Å². The van der Waals surface area contributed by atoms with E-state index in [1.807, 2.05) is 19.2 Å². The van der Waals surface area contributed by atoms with Crippen LogP contribution in [0.25, 0.3) is 0 Å². The highest BCUT2D eigenvalue weighted by Crippen LogP contribution is 2.17. The fourth-order valence-electron chi connectivity index (χ4n) is 2.16. The molecule has 0 atom stereocenters. The van der Waals surface area contributed by atoms with Crippen LogP contribution in [-0.2, 0) is 13.1 Å². The van der Waals surface area contributed by atoms with Gasteiger partial charge in [-0.05, 0) is 23.8 Å². The Hall–Kier alpha value is -1.87. The summed E-state index contributed by atoms with van der Waals surface area (Å²) in [6.45, 7) is 5.71. The van der Waals surface area contributed by atoms with E-state index in [0.717, 1.165) is 12.2 Å². The minimum Gasteiger partial charge on any atom is -0.370 e. The zero-order chi connectivity index (χ0) is 15.2. The van der Waals surface area contributed by atoms with Crippen LogP contribution in [0.15, 0.2) is 48.5 Å². The second kappa shape index (κ2) is 7.23. The monoisotopic (exact) mass is 286 g/mol. The molecule has 2 nitrogen and oxygen atoms in total. The van der Waals surface area contributed by atoms with Gasteiger partial charge in [-0.3, -0.25) is 0 Å². The predicted octanol–water partition coefficient (Wildman–Crippen LogP) is 3.96. The van der Waals surface area contributed by atoms with Crippen LogP contribution in [-0.4, -0.2) is 13.1 Å². The largest absolute Gasteiger partial charge is 0.370 e. The fraction of sp³-hybridized carbons (Fsp3) is 0.333. The van der Waals surface area contributed by atoms with E-state index in [-0.39, 0.29) is 5.82 Å². The summed E-state index contributed by atoms with van der Waals surface area (Å²) >= 11 is 0. The van der Waals surface area contributed by atoms with Gasteiger partial charge in [-0.25, -0.2) is 4.39 Å². The van der Waals surface area contributed by atoms with Gasteiger partial charge in [0.2, 0.25) is 0 Å². The minimum absolute atomic E-state index is 0.151. The van der Waals surface area contributed by atoms with Crippen LogP contribution in [0.3, 0.4) is 0 Å². The van der Waals surface area contributed by atoms with Crippen molar-refractivity contribution in [2.75, 3.05) is 11.9 Å². The molecular weight excluding hydrogens is 263 g/mol. The van der Waals surface area contributed by atoms with Gasteiger partial charge in [-0.15, -0.1) is 0 Å². The van der Waals surface area contributed by atoms with Crippen LogP contribution in [0.1, 0.15) is 25.0 Å². The van der Waals surface area contributed by atoms with Gasteiger partial charge >= 0.3 is 0 Å². The van der Waals surface area contributed by atoms with Crippen molar-refractivity contribution in [3.63, 3.8) is 0 Å². The lowest BCUT2D eigenvalue weighted by atomic mass is 10.1. The molecule has 0 spiro atoms. The average molecular weight is 286 g/mol. The van der Waals surface area contributed by atoms with Crippen LogP contribution in [0.2, 0.25) is 0 Å². The molecule has 0 aromatic heterocycles. The molecular formula is C18H23FN2. The molecule has 0 saturated heterocycles. The summed E-state index contributed by atoms with van der Waals surface area (Å²) in [5.41, 5.74) is 3.06. The molecule has 0 aliphatic rings. The van der Waals surface area contributed by atoms with E-state index < -0.39 is 0 Å². The third-order valence-corrected chi connectivity index (χ3v) is 3.46. The summed E-state index contributed by atoms with van der Waals surface area (Å²) in [4.78, 5) is 2.05. The average Bonchev–Trinajstić information content (AvgIpc) is 2.48. The second-order valence-electron chi connectivity index (χ2n) is 5.65. The minimum atomic E-state index is -0.151. The number of rotatable bonds is 6. The lowest BCUT2D eigenvalue weighted by molar-refractivity contribution is 0.589. The number of halogens is 1. The number of hydrogen-bond donors (Lipinski definition) is 1. The molecule has 0 bridgehead atoms. The Morgan fingerprint density at radius 2 is 1.71 bits per heavy atom. The summed E-state index contributed by atoms with van der Waals surface area (Å²) in [7, 11) is 1.98. The second-order valence-corrected chi connectivity index (χ2v) is 5.65. The molecule has 2 rings (SSSR count). The van der Waals surface area contributed by atoms with Gasteiger partial charge in [0.15, 0.2) is 0 Å². The van der Waals surface area contributed by atoms with Crippen molar-refractivity contribution in [1.29, 1.82) is 0 Å². The van der Waals surface area contributed by atoms with Gasteiger partial charge in [0.05, 0.1) is 0 Å². The molecule has 0 fully saturated rings. The molecule has 3 heteroatoms. The van der Waals surface area contributed by atoms with Crippen LogP contribution in [0, 0.1) is 5.82 Å². The molecule has 0 amide bonds. The highest BCUT2D eigenvalue weighted by Gasteiger charge is 2.06. The summed E-state index contributed by atoms with van der Waals surface area (Å²) in [5, 5.41) is 3.39. The molecule has 0 aliphatic heterocycles. The Morgan fingerprint density at radius 1 is 1.05 bits per heavy atom. The number of benzene rings is 2. The van der Waals surface area contributed by atoms with E-state index in [9.17, 15) is 4.39 Å². The SMILES string of the molecule is CC(C)NCc1ccc(N(C)Cc2ccccc2F)cc1. The first-order chi connectivity index (χ1) is 10.1. The highest BCUT2D eigenvalue weighted by atomic mass is 19.1. The molecule has 0 aliphatic carbocycles. The van der Waals surface area contributed by atoms with Gasteiger partial charge in [-0.2, -0.15) is 0 Å². The molecule has 0 saturated carbocycles. The first-order valence-corrected chi connectivity index (χ1v) is 7.33. The maximum Gasteiger partial charge on any atom is 0.128 e. The van der Waals surface area contributed by atoms with Gasteiger partial charge in [0, 0.05) is 37.4 Å². The Bertz CT molecular complexity index is 564. The Morgan fingerprint density at radius 3 is 2.33 bits per heavy atom. The van der Waals surface area contributed by atoms with E-state index >= 15 is 0 Å². The number of nitrogens with one attached hydrogen (secondary N) is 1. The van der Waals surface area contributed by atoms with Crippen molar-refractivity contribution >= 4 is 5.69 Å². The lowest BCUT2D eigenvalue weighted by Gasteiger charge is -2.20. The van der Waals surface area contributed by atoms with E-state index in [4.69, 9.17) is 0 Å². The highest BCUT2D eigenvalue weighted by molar-refractivity contribution is 5.47. The lowest BCUT2D eigenvalue weighted by Crippen LogP contribution is -2.22. The molecule has 1 N–H and O–H groups in total. The van der Waals surface area contributed by atoms with Crippen molar-refractivity contribution in [3.8, 4) is 0 Å². The molecule has 0 unspecified atom stereocenters. The zero-order valence-corrected chi connectivity index (χ0v) is 12.9. The molecule has 2 aromatic carbocycles. The maximum absolute atomic E-state index is 13.7. The summed E-state index contributed by atoms with van der Waals surface area (Å²) in [6.07, 6.45) is 0. The standard InChI is InChI=1S/C18H23FN2/c1-14(2)20-12-15-8-10-17(11-9-15)21(3)13-16-6-4-5-7-18(16)19/h4-11,14,20H,12-13H2,1-3H3. The fourth-order valence-corrected chi connectivity index (χ4v) is 2.16. The molecule has 0 heterocycles. The summed E-state index contributed by atoms with van der Waals surface area (Å²) in [6, 6.07) is 15.8. The molecule has 112 valence electrons. The first kappa shape index (κ1) is 15.5. The van der Waals surface area contributed by atoms with Gasteiger partial charge in [0.1, 0.15) is 5.82 Å². The van der Waals surface area contributed by atoms with Crippen LogP contribution >= 0.6 is 0 Å². The maximum atomic E-state index is 13.7. The van der Waals surface area contributed by atoms with Crippen LogP contribution in [0.4, 0.5) is 10.1 Å². The molecule has 2 aromatic rings. The Balaban J connectivity index is 2.00. The van der Waals surface area contributed by atoms with E-state index in [1.54, 1.807) is 6.07 Å². The summed E-state index contributed by atoms with van der Waals surface area (Å²) < 4.78 is 13.7. The van der Waals surface area contributed by atoms with Crippen molar-refractivity contribution in [1.82, 2.24) is 5.32 Å².